The molecule has 1 N–H and O–H groups in total. The fraction of sp³-hybridized carbons (Fsp3) is 0.429. The molecule has 42 heavy (non-hydrogen) atoms. The van der Waals surface area contributed by atoms with Gasteiger partial charge in [-0.05, 0) is 88.7 Å². The lowest BCUT2D eigenvalue weighted by Crippen LogP contribution is -2.42. The van der Waals surface area contributed by atoms with Crippen molar-refractivity contribution in [2.24, 2.45) is 0 Å². The molecule has 0 radical (unpaired) electrons. The zero-order valence-corrected chi connectivity index (χ0v) is 27.2. The Labute approximate surface area is 260 Å². The van der Waals surface area contributed by atoms with E-state index in [4.69, 9.17) is 4.74 Å². The van der Waals surface area contributed by atoms with Gasteiger partial charge >= 0.3 is 18.2 Å². The Bertz CT molecular complexity index is 1390. The van der Waals surface area contributed by atoms with Crippen LogP contribution in [0.4, 0.5) is 23.7 Å². The number of benzene rings is 2. The highest BCUT2D eigenvalue weighted by Gasteiger charge is 2.44. The average molecular weight is 739 g/mol. The van der Waals surface area contributed by atoms with E-state index in [2.05, 4.69) is 36.6 Å². The van der Waals surface area contributed by atoms with Crippen molar-refractivity contribution < 1.29 is 35.9 Å². The van der Waals surface area contributed by atoms with E-state index in [0.29, 0.717) is 29.8 Å². The predicted octanol–water partition coefficient (Wildman–Crippen LogP) is 6.68. The number of halogens is 5. The maximum absolute atomic E-state index is 13.6. The van der Waals surface area contributed by atoms with Crippen molar-refractivity contribution in [1.82, 2.24) is 9.62 Å². The summed E-state index contributed by atoms with van der Waals surface area (Å²) in [6.07, 6.45) is -1.44. The number of amides is 2. The molecule has 8 nitrogen and oxygen atoms in total. The lowest BCUT2D eigenvalue weighted by atomic mass is 10.1. The summed E-state index contributed by atoms with van der Waals surface area (Å²) in [7, 11) is -3.76. The number of hydrogen-bond acceptors (Lipinski definition) is 5. The first-order valence-corrected chi connectivity index (χ1v) is 16.2. The summed E-state index contributed by atoms with van der Waals surface area (Å²) < 4.78 is 74.1. The van der Waals surface area contributed by atoms with Crippen LogP contribution in [0.3, 0.4) is 0 Å². The Balaban J connectivity index is 1.79. The van der Waals surface area contributed by atoms with E-state index in [-0.39, 0.29) is 21.2 Å². The number of nitrogens with zero attached hydrogens (tertiary/aromatic N) is 2. The van der Waals surface area contributed by atoms with Gasteiger partial charge in [0.15, 0.2) is 0 Å². The molecule has 1 heterocycles. The molecule has 2 aromatic carbocycles. The molecule has 1 saturated heterocycles. The molecule has 3 rings (SSSR count). The summed E-state index contributed by atoms with van der Waals surface area (Å²) >= 11 is 6.45. The van der Waals surface area contributed by atoms with E-state index < -0.39 is 52.1 Å². The van der Waals surface area contributed by atoms with Crippen LogP contribution in [0.25, 0.3) is 0 Å². The zero-order chi connectivity index (χ0) is 31.3. The molecule has 1 aliphatic heterocycles. The molecule has 0 aliphatic carbocycles. The van der Waals surface area contributed by atoms with Crippen LogP contribution >= 0.6 is 31.9 Å². The number of nitrogens with one attached hydrogen (secondary N) is 1. The molecular formula is C28H32Br2F3N3O5S. The topological polar surface area (TPSA) is 96.0 Å². The largest absolute Gasteiger partial charge is 0.471 e. The molecule has 2 aromatic rings. The van der Waals surface area contributed by atoms with Crippen molar-refractivity contribution in [3.05, 3.63) is 74.7 Å². The number of hydrogen-bond donors (Lipinski definition) is 1. The molecular weight excluding hydrogens is 707 g/mol. The minimum Gasteiger partial charge on any atom is -0.445 e. The van der Waals surface area contributed by atoms with Crippen molar-refractivity contribution in [2.45, 2.75) is 63.7 Å². The third kappa shape index (κ3) is 9.81. The molecule has 14 heteroatoms. The zero-order valence-electron chi connectivity index (χ0n) is 23.2. The van der Waals surface area contributed by atoms with Crippen molar-refractivity contribution in [3.8, 4) is 0 Å². The summed E-state index contributed by atoms with van der Waals surface area (Å²) in [5.74, 6) is -2.53. The first-order valence-electron chi connectivity index (χ1n) is 13.0. The Morgan fingerprint density at radius 1 is 1.10 bits per heavy atom. The summed E-state index contributed by atoms with van der Waals surface area (Å²) in [5, 5.41) is 0. The molecule has 0 saturated carbocycles. The number of carbonyl (C=O) groups excluding carboxylic acids is 2. The van der Waals surface area contributed by atoms with Gasteiger partial charge < -0.3 is 9.64 Å². The molecule has 0 unspecified atom stereocenters. The Morgan fingerprint density at radius 2 is 1.71 bits per heavy atom. The highest BCUT2D eigenvalue weighted by atomic mass is 79.9. The fourth-order valence-corrected chi connectivity index (χ4v) is 7.77. The second kappa shape index (κ2) is 13.9. The van der Waals surface area contributed by atoms with Gasteiger partial charge in [0.1, 0.15) is 6.61 Å². The van der Waals surface area contributed by atoms with E-state index in [1.54, 1.807) is 26.8 Å². The number of sulfonamides is 1. The average Bonchev–Trinajstić information content (AvgIpc) is 3.32. The normalized spacial score (nSPS) is 16.2. The number of carbonyl (C=O) groups is 2. The molecule has 0 bridgehead atoms. The lowest BCUT2D eigenvalue weighted by Gasteiger charge is -2.26. The van der Waals surface area contributed by atoms with Crippen LogP contribution in [0.15, 0.2) is 63.6 Å². The van der Waals surface area contributed by atoms with Crippen LogP contribution in [-0.2, 0) is 31.9 Å². The van der Waals surface area contributed by atoms with Crippen molar-refractivity contribution in [3.63, 3.8) is 0 Å². The maximum atomic E-state index is 13.6. The van der Waals surface area contributed by atoms with Crippen molar-refractivity contribution in [2.75, 3.05) is 18.0 Å². The van der Waals surface area contributed by atoms with Gasteiger partial charge in [-0.25, -0.2) is 17.9 Å². The van der Waals surface area contributed by atoms with Crippen molar-refractivity contribution >= 4 is 59.6 Å². The second-order valence-electron chi connectivity index (χ2n) is 10.8. The molecule has 1 fully saturated rings. The smallest absolute Gasteiger partial charge is 0.445 e. The number of ether oxygens (including phenoxy) is 1. The molecule has 1 atom stereocenters. The van der Waals surface area contributed by atoms with E-state index >= 15 is 0 Å². The quantitative estimate of drug-likeness (QED) is 0.290. The SMILES string of the molecule is CC(C)(C)NS(=O)(=O)Cc1cc(Br)c(N(CC=C[C@H]2CCCN2C(=O)OCc2ccccc2)C(=O)C(F)(F)F)c(Br)c1. The molecule has 2 amide bonds. The van der Waals surface area contributed by atoms with Gasteiger partial charge in [0.2, 0.25) is 10.0 Å². The highest BCUT2D eigenvalue weighted by Crippen LogP contribution is 2.38. The summed E-state index contributed by atoms with van der Waals surface area (Å²) in [6, 6.07) is 11.5. The lowest BCUT2D eigenvalue weighted by molar-refractivity contribution is -0.170. The first kappa shape index (κ1) is 34.1. The molecule has 1 aliphatic rings. The highest BCUT2D eigenvalue weighted by molar-refractivity contribution is 9.11. The second-order valence-corrected chi connectivity index (χ2v) is 14.2. The summed E-state index contributed by atoms with van der Waals surface area (Å²) in [4.78, 5) is 27.2. The summed E-state index contributed by atoms with van der Waals surface area (Å²) in [5.41, 5.74) is 0.282. The van der Waals surface area contributed by atoms with E-state index in [0.717, 1.165) is 5.56 Å². The number of alkyl halides is 3. The van der Waals surface area contributed by atoms with Crippen molar-refractivity contribution in [1.29, 1.82) is 0 Å². The minimum atomic E-state index is -5.17. The third-order valence-electron chi connectivity index (χ3n) is 6.04. The monoisotopic (exact) mass is 737 g/mol. The van der Waals surface area contributed by atoms with E-state index in [1.165, 1.54) is 23.1 Å². The van der Waals surface area contributed by atoms with Gasteiger partial charge in [0.05, 0.1) is 17.5 Å². The van der Waals surface area contributed by atoms with E-state index in [9.17, 15) is 31.2 Å². The Hall–Kier alpha value is -2.42. The van der Waals surface area contributed by atoms with Crippen LogP contribution in [0.5, 0.6) is 0 Å². The standard InChI is InChI=1S/C28H32Br2F3N3O5S/c1-27(2,3)34-42(39,40)18-20-15-22(29)24(23(30)16-20)36(25(37)28(31,32)33)14-8-12-21-11-7-13-35(21)26(38)41-17-19-9-5-4-6-10-19/h4-6,8-10,12,15-16,21,34H,7,11,13-14,17-18H2,1-3H3/t21-/m1/s1. The minimum absolute atomic E-state index is 0.0894. The van der Waals surface area contributed by atoms with Crippen LogP contribution in [0.2, 0.25) is 0 Å². The molecule has 0 spiro atoms. The first-order chi connectivity index (χ1) is 19.5. The fourth-order valence-electron chi connectivity index (χ4n) is 4.45. The molecule has 230 valence electrons. The van der Waals surface area contributed by atoms with Gasteiger partial charge in [-0.1, -0.05) is 42.5 Å². The maximum Gasteiger partial charge on any atom is 0.471 e. The van der Waals surface area contributed by atoms with Gasteiger partial charge in [0.25, 0.3) is 0 Å². The predicted molar refractivity (Wildman–Crippen MR) is 161 cm³/mol. The van der Waals surface area contributed by atoms with Crippen LogP contribution in [-0.4, -0.2) is 56.2 Å². The van der Waals surface area contributed by atoms with E-state index in [1.807, 2.05) is 30.3 Å². The van der Waals surface area contributed by atoms with Gasteiger partial charge in [0, 0.05) is 27.6 Å². The Kier molecular flexibility index (Phi) is 11.3. The summed E-state index contributed by atoms with van der Waals surface area (Å²) in [6.45, 7) is 5.12. The van der Waals surface area contributed by atoms with Gasteiger partial charge in [-0.3, -0.25) is 9.69 Å². The van der Waals surface area contributed by atoms with Gasteiger partial charge in [-0.15, -0.1) is 0 Å². The third-order valence-corrected chi connectivity index (χ3v) is 8.88. The van der Waals surface area contributed by atoms with Crippen LogP contribution < -0.4 is 9.62 Å². The Morgan fingerprint density at radius 3 is 2.29 bits per heavy atom. The van der Waals surface area contributed by atoms with Crippen LogP contribution in [0, 0.1) is 0 Å². The number of anilines is 1. The molecule has 0 aromatic heterocycles. The van der Waals surface area contributed by atoms with Gasteiger partial charge in [-0.2, -0.15) is 13.2 Å². The number of rotatable bonds is 9. The number of likely N-dealkylation sites (tertiary alicyclic amines) is 1. The van der Waals surface area contributed by atoms with Crippen LogP contribution in [0.1, 0.15) is 44.7 Å².